The van der Waals surface area contributed by atoms with Gasteiger partial charge >= 0.3 is 0 Å². The Hall–Kier alpha value is -0.0400. The van der Waals surface area contributed by atoms with Crippen LogP contribution in [0.1, 0.15) is 85.5 Å². The maximum atomic E-state index is 6.24. The van der Waals surface area contributed by atoms with E-state index >= 15 is 0 Å². The van der Waals surface area contributed by atoms with Crippen LogP contribution in [-0.4, -0.2) is 13.2 Å². The molecule has 0 bridgehead atoms. The molecule has 1 heteroatoms. The average molecular weight is 345 g/mol. The quantitative estimate of drug-likeness (QED) is 0.582. The fourth-order valence-electron chi connectivity index (χ4n) is 9.84. The van der Waals surface area contributed by atoms with Crippen molar-refractivity contribution in [3.05, 3.63) is 0 Å². The molecule has 5 saturated carbocycles. The van der Waals surface area contributed by atoms with Gasteiger partial charge in [0.1, 0.15) is 0 Å². The van der Waals surface area contributed by atoms with Gasteiger partial charge in [0.05, 0.1) is 6.10 Å². The number of ether oxygens (including phenoxy) is 1. The minimum atomic E-state index is 0.566. The molecule has 5 aliphatic carbocycles. The summed E-state index contributed by atoms with van der Waals surface area (Å²) in [6, 6.07) is 0. The SMILES string of the molecule is CC[C@@H](C)[C@H]1CC[C@H]2[C@@H]3C[C@@H](OC)C45CC4CC[C@]5(C)[C@H]3CC[C@]12C. The first-order valence-corrected chi connectivity index (χ1v) is 11.4. The molecule has 142 valence electrons. The third-order valence-corrected chi connectivity index (χ3v) is 11.2. The minimum absolute atomic E-state index is 0.566. The number of methoxy groups -OCH3 is 1. The summed E-state index contributed by atoms with van der Waals surface area (Å²) in [4.78, 5) is 0. The zero-order valence-electron chi connectivity index (χ0n) is 17.3. The summed E-state index contributed by atoms with van der Waals surface area (Å²) in [5.41, 5.74) is 1.81. The van der Waals surface area contributed by atoms with Crippen molar-refractivity contribution in [3.8, 4) is 0 Å². The van der Waals surface area contributed by atoms with Gasteiger partial charge in [-0.2, -0.15) is 0 Å². The average Bonchev–Trinajstić information content (AvgIpc) is 3.12. The lowest BCUT2D eigenvalue weighted by atomic mass is 9.45. The van der Waals surface area contributed by atoms with Crippen molar-refractivity contribution in [2.45, 2.75) is 91.6 Å². The molecule has 5 rings (SSSR count). The van der Waals surface area contributed by atoms with E-state index in [1.54, 1.807) is 0 Å². The number of fused-ring (bicyclic) bond motifs is 4. The second-order valence-corrected chi connectivity index (χ2v) is 11.3. The smallest absolute Gasteiger partial charge is 0.0638 e. The van der Waals surface area contributed by atoms with E-state index in [1.165, 1.54) is 57.8 Å². The summed E-state index contributed by atoms with van der Waals surface area (Å²) in [5, 5.41) is 0. The molecule has 25 heavy (non-hydrogen) atoms. The Morgan fingerprint density at radius 3 is 2.52 bits per heavy atom. The van der Waals surface area contributed by atoms with Gasteiger partial charge in [-0.05, 0) is 97.7 Å². The van der Waals surface area contributed by atoms with Crippen molar-refractivity contribution in [2.75, 3.05) is 7.11 Å². The van der Waals surface area contributed by atoms with E-state index < -0.39 is 0 Å². The highest BCUT2D eigenvalue weighted by Crippen LogP contribution is 2.82. The zero-order chi connectivity index (χ0) is 17.6. The lowest BCUT2D eigenvalue weighted by molar-refractivity contribution is -0.161. The molecular formula is C24H40O. The summed E-state index contributed by atoms with van der Waals surface area (Å²) in [5.74, 6) is 5.83. The van der Waals surface area contributed by atoms with E-state index in [0.29, 0.717) is 22.3 Å². The minimum Gasteiger partial charge on any atom is -0.381 e. The van der Waals surface area contributed by atoms with Crippen molar-refractivity contribution in [3.63, 3.8) is 0 Å². The van der Waals surface area contributed by atoms with E-state index in [2.05, 4.69) is 27.7 Å². The molecule has 0 aromatic rings. The lowest BCUT2D eigenvalue weighted by Crippen LogP contribution is -2.57. The Kier molecular flexibility index (Phi) is 3.60. The van der Waals surface area contributed by atoms with Crippen molar-refractivity contribution < 1.29 is 4.74 Å². The molecule has 0 radical (unpaired) electrons. The summed E-state index contributed by atoms with van der Waals surface area (Å²) < 4.78 is 6.24. The van der Waals surface area contributed by atoms with Crippen LogP contribution in [0.5, 0.6) is 0 Å². The van der Waals surface area contributed by atoms with Crippen LogP contribution in [0.4, 0.5) is 0 Å². The summed E-state index contributed by atoms with van der Waals surface area (Å²) in [6.45, 7) is 10.3. The van der Waals surface area contributed by atoms with Gasteiger partial charge in [-0.1, -0.05) is 34.1 Å². The maximum Gasteiger partial charge on any atom is 0.0638 e. The van der Waals surface area contributed by atoms with E-state index in [0.717, 1.165) is 35.5 Å². The second kappa shape index (κ2) is 5.27. The molecule has 2 unspecified atom stereocenters. The number of rotatable bonds is 3. The van der Waals surface area contributed by atoms with Crippen LogP contribution in [0, 0.1) is 51.8 Å². The molecule has 5 aliphatic rings. The Balaban J connectivity index is 1.49. The van der Waals surface area contributed by atoms with Gasteiger partial charge < -0.3 is 4.74 Å². The first kappa shape index (κ1) is 17.1. The Morgan fingerprint density at radius 2 is 1.84 bits per heavy atom. The third kappa shape index (κ3) is 1.85. The molecule has 0 heterocycles. The van der Waals surface area contributed by atoms with E-state index in [-0.39, 0.29) is 0 Å². The molecule has 0 N–H and O–H groups in total. The van der Waals surface area contributed by atoms with Crippen molar-refractivity contribution in [2.24, 2.45) is 51.8 Å². The fraction of sp³-hybridized carbons (Fsp3) is 1.00. The standard InChI is InChI=1S/C24H40O/c1-6-15(2)18-7-8-19-17-13-21(25-5)24-14-16(24)9-12-23(24,4)20(17)10-11-22(18,19)3/h15-21H,6-14H2,1-5H3/t15-,16?,17+,18-,19+,20+,21-,22-,23-,24?/m1/s1. The highest BCUT2D eigenvalue weighted by molar-refractivity contribution is 5.26. The largest absolute Gasteiger partial charge is 0.381 e. The molecule has 1 nitrogen and oxygen atoms in total. The highest BCUT2D eigenvalue weighted by atomic mass is 16.5. The summed E-state index contributed by atoms with van der Waals surface area (Å²) in [6.07, 6.45) is 13.9. The molecule has 0 aliphatic heterocycles. The molecule has 1 spiro atoms. The molecule has 0 aromatic carbocycles. The Labute approximate surface area is 155 Å². The molecule has 10 atom stereocenters. The number of hydrogen-bond donors (Lipinski definition) is 0. The predicted molar refractivity (Wildman–Crippen MR) is 103 cm³/mol. The van der Waals surface area contributed by atoms with Gasteiger partial charge in [0.2, 0.25) is 0 Å². The van der Waals surface area contributed by atoms with Gasteiger partial charge in [0.25, 0.3) is 0 Å². The van der Waals surface area contributed by atoms with Crippen LogP contribution in [-0.2, 0) is 4.74 Å². The zero-order valence-corrected chi connectivity index (χ0v) is 17.3. The Bertz CT molecular complexity index is 556. The normalized spacial score (nSPS) is 60.4. The predicted octanol–water partition coefficient (Wildman–Crippen LogP) is 6.32. The first-order chi connectivity index (χ1) is 11.9. The van der Waals surface area contributed by atoms with E-state index in [4.69, 9.17) is 4.74 Å². The van der Waals surface area contributed by atoms with E-state index in [9.17, 15) is 0 Å². The van der Waals surface area contributed by atoms with Crippen LogP contribution in [0.2, 0.25) is 0 Å². The van der Waals surface area contributed by atoms with Crippen molar-refractivity contribution in [1.29, 1.82) is 0 Å². The molecule has 0 amide bonds. The molecule has 0 aromatic heterocycles. The van der Waals surface area contributed by atoms with Crippen molar-refractivity contribution in [1.82, 2.24) is 0 Å². The number of hydrogen-bond acceptors (Lipinski definition) is 1. The van der Waals surface area contributed by atoms with Crippen LogP contribution >= 0.6 is 0 Å². The molecule has 0 saturated heterocycles. The van der Waals surface area contributed by atoms with Crippen LogP contribution < -0.4 is 0 Å². The second-order valence-electron chi connectivity index (χ2n) is 11.3. The van der Waals surface area contributed by atoms with Gasteiger partial charge in [0, 0.05) is 12.5 Å². The molecule has 5 fully saturated rings. The highest BCUT2D eigenvalue weighted by Gasteiger charge is 2.77. The monoisotopic (exact) mass is 344 g/mol. The third-order valence-electron chi connectivity index (χ3n) is 11.2. The van der Waals surface area contributed by atoms with Crippen molar-refractivity contribution >= 4 is 0 Å². The van der Waals surface area contributed by atoms with E-state index in [1.807, 2.05) is 7.11 Å². The lowest BCUT2D eigenvalue weighted by Gasteiger charge is -2.61. The first-order valence-electron chi connectivity index (χ1n) is 11.4. The van der Waals surface area contributed by atoms with Gasteiger partial charge in [-0.15, -0.1) is 0 Å². The Morgan fingerprint density at radius 1 is 1.04 bits per heavy atom. The van der Waals surface area contributed by atoms with Gasteiger partial charge in [-0.3, -0.25) is 0 Å². The van der Waals surface area contributed by atoms with Crippen LogP contribution in [0.3, 0.4) is 0 Å². The van der Waals surface area contributed by atoms with Gasteiger partial charge in [-0.25, -0.2) is 0 Å². The van der Waals surface area contributed by atoms with Gasteiger partial charge in [0.15, 0.2) is 0 Å². The summed E-state index contributed by atoms with van der Waals surface area (Å²) >= 11 is 0. The van der Waals surface area contributed by atoms with Crippen LogP contribution in [0.25, 0.3) is 0 Å². The maximum absolute atomic E-state index is 6.24. The molecular weight excluding hydrogens is 304 g/mol. The topological polar surface area (TPSA) is 9.23 Å². The fourth-order valence-corrected chi connectivity index (χ4v) is 9.84. The summed E-state index contributed by atoms with van der Waals surface area (Å²) in [7, 11) is 2.02. The van der Waals surface area contributed by atoms with Crippen LogP contribution in [0.15, 0.2) is 0 Å².